The molecule has 11 heteroatoms. The minimum Gasteiger partial charge on any atom is -0.457 e. The molecule has 11 nitrogen and oxygen atoms in total. The maximum absolute atomic E-state index is 12.8. The molecule has 0 saturated carbocycles. The van der Waals surface area contributed by atoms with Crippen LogP contribution < -0.4 is 0 Å². The lowest BCUT2D eigenvalue weighted by Crippen LogP contribution is -2.51. The molecule has 59 heavy (non-hydrogen) atoms. The fourth-order valence-corrected chi connectivity index (χ4v) is 7.94. The van der Waals surface area contributed by atoms with Crippen LogP contribution in [0.3, 0.4) is 0 Å². The number of rotatable bonds is 38. The van der Waals surface area contributed by atoms with Crippen molar-refractivity contribution in [2.75, 3.05) is 26.4 Å². The molecular weight excluding hydrogens is 753 g/mol. The van der Waals surface area contributed by atoms with Crippen molar-refractivity contribution < 1.29 is 53.7 Å². The van der Waals surface area contributed by atoms with Gasteiger partial charge in [-0.15, -0.1) is 0 Å². The van der Waals surface area contributed by atoms with Gasteiger partial charge in [-0.2, -0.15) is 0 Å². The zero-order chi connectivity index (χ0) is 42.8. The zero-order valence-corrected chi connectivity index (χ0v) is 37.2. The molecule has 0 aromatic carbocycles. The number of esters is 2. The minimum atomic E-state index is -1.14. The molecule has 2 aliphatic rings. The van der Waals surface area contributed by atoms with E-state index in [-0.39, 0.29) is 26.1 Å². The van der Waals surface area contributed by atoms with E-state index >= 15 is 0 Å². The molecule has 2 rings (SSSR count). The fourth-order valence-electron chi connectivity index (χ4n) is 7.94. The quantitative estimate of drug-likeness (QED) is 0.0267. The Kier molecular flexibility index (Phi) is 32.2. The van der Waals surface area contributed by atoms with Gasteiger partial charge in [0.05, 0.1) is 26.4 Å². The summed E-state index contributed by atoms with van der Waals surface area (Å²) in [5, 5.41) is 41.9. The van der Waals surface area contributed by atoms with Crippen LogP contribution in [-0.2, 0) is 33.3 Å². The maximum atomic E-state index is 12.8. The Morgan fingerprint density at radius 2 is 0.814 bits per heavy atom. The van der Waals surface area contributed by atoms with E-state index in [2.05, 4.69) is 38.2 Å². The monoisotopic (exact) mass is 839 g/mol. The summed E-state index contributed by atoms with van der Waals surface area (Å²) in [7, 11) is 0. The van der Waals surface area contributed by atoms with Crippen molar-refractivity contribution in [1.82, 2.24) is 0 Å². The average molecular weight is 839 g/mol. The number of aliphatic hydroxyl groups excluding tert-OH is 4. The molecule has 0 aliphatic carbocycles. The number of allylic oxidation sites excluding steroid dienone is 4. The number of unbranched alkanes of at least 4 members (excludes halogenated alkanes) is 22. The van der Waals surface area contributed by atoms with Crippen LogP contribution in [0, 0.1) is 0 Å². The molecule has 0 aromatic heterocycles. The topological polar surface area (TPSA) is 161 Å². The lowest BCUT2D eigenvalue weighted by atomic mass is 10.0. The summed E-state index contributed by atoms with van der Waals surface area (Å²) in [6, 6.07) is 0. The molecular formula is C48H86O11. The molecule has 0 amide bonds. The first kappa shape index (κ1) is 53.3. The van der Waals surface area contributed by atoms with Gasteiger partial charge in [-0.3, -0.25) is 9.59 Å². The first-order valence-electron chi connectivity index (χ1n) is 24.0. The molecule has 4 N–H and O–H groups in total. The molecule has 2 saturated heterocycles. The molecule has 0 bridgehead atoms. The molecule has 344 valence electrons. The third kappa shape index (κ3) is 24.4. The van der Waals surface area contributed by atoms with Crippen molar-refractivity contribution in [3.8, 4) is 0 Å². The van der Waals surface area contributed by atoms with Gasteiger partial charge >= 0.3 is 11.9 Å². The standard InChI is InChI=1S/C48H86O11/c1-3-5-7-9-11-13-15-17-19-21-23-25-27-29-31-33-43(53)57-41(35-49)47-45(39(51)37-55-47)59-46-40(52)38-56-48(46)42(36-50)58-44(54)34-32-30-28-26-24-22-20-18-16-14-12-10-8-6-4-2/h17-20,39-42,45-52H,3-16,21-38H2,1-2H3/t39-,40-,41+,42+,45+,46+,47+,48+/m0/s1. The summed E-state index contributed by atoms with van der Waals surface area (Å²) in [5.74, 6) is -0.933. The van der Waals surface area contributed by atoms with Gasteiger partial charge in [0.1, 0.15) is 36.6 Å². The van der Waals surface area contributed by atoms with Crippen molar-refractivity contribution >= 4 is 11.9 Å². The van der Waals surface area contributed by atoms with Crippen molar-refractivity contribution in [3.63, 3.8) is 0 Å². The molecule has 0 spiro atoms. The Hall–Kier alpha value is -1.86. The largest absolute Gasteiger partial charge is 0.457 e. The van der Waals surface area contributed by atoms with Crippen molar-refractivity contribution in [3.05, 3.63) is 24.3 Å². The highest BCUT2D eigenvalue weighted by atomic mass is 16.6. The predicted molar refractivity (Wildman–Crippen MR) is 233 cm³/mol. The Morgan fingerprint density at radius 1 is 0.508 bits per heavy atom. The Morgan fingerprint density at radius 3 is 1.14 bits per heavy atom. The van der Waals surface area contributed by atoms with E-state index in [1.165, 1.54) is 77.0 Å². The highest BCUT2D eigenvalue weighted by molar-refractivity contribution is 5.70. The Balaban J connectivity index is 1.67. The Bertz CT molecular complexity index is 1000. The Labute approximate surface area is 358 Å². The summed E-state index contributed by atoms with van der Waals surface area (Å²) in [6.45, 7) is 3.14. The maximum Gasteiger partial charge on any atom is 0.306 e. The SMILES string of the molecule is CCCCCCCCC=CCCCCCCCC(=O)O[C@H](CO)[C@H]1OC[C@H](O)[C@H]1O[C@H]1[C@@H]([C@@H](CO)OC(=O)CCCCCCCC=CCCCCCCCC)OC[C@@H]1O. The highest BCUT2D eigenvalue weighted by Crippen LogP contribution is 2.30. The van der Waals surface area contributed by atoms with Gasteiger partial charge in [-0.25, -0.2) is 0 Å². The molecule has 2 aliphatic heterocycles. The summed E-state index contributed by atoms with van der Waals surface area (Å²) in [6.07, 6.45) is 31.0. The van der Waals surface area contributed by atoms with Gasteiger partial charge in [0.15, 0.2) is 12.2 Å². The van der Waals surface area contributed by atoms with Crippen LogP contribution in [0.5, 0.6) is 0 Å². The van der Waals surface area contributed by atoms with E-state index in [1.54, 1.807) is 0 Å². The van der Waals surface area contributed by atoms with E-state index in [4.69, 9.17) is 23.7 Å². The number of aliphatic hydroxyl groups is 4. The van der Waals surface area contributed by atoms with E-state index in [9.17, 15) is 30.0 Å². The second kappa shape index (κ2) is 35.7. The van der Waals surface area contributed by atoms with Crippen LogP contribution in [0.25, 0.3) is 0 Å². The van der Waals surface area contributed by atoms with Gasteiger partial charge < -0.3 is 44.1 Å². The lowest BCUT2D eigenvalue weighted by molar-refractivity contribution is -0.184. The summed E-state index contributed by atoms with van der Waals surface area (Å²) in [4.78, 5) is 25.5. The predicted octanol–water partition coefficient (Wildman–Crippen LogP) is 9.14. The summed E-state index contributed by atoms with van der Waals surface area (Å²) in [5.41, 5.74) is 0. The van der Waals surface area contributed by atoms with Gasteiger partial charge in [0, 0.05) is 12.8 Å². The van der Waals surface area contributed by atoms with Gasteiger partial charge in [-0.05, 0) is 64.2 Å². The third-order valence-corrected chi connectivity index (χ3v) is 11.6. The number of ether oxygens (including phenoxy) is 5. The van der Waals surface area contributed by atoms with Crippen LogP contribution in [0.2, 0.25) is 0 Å². The van der Waals surface area contributed by atoms with Gasteiger partial charge in [0.25, 0.3) is 0 Å². The van der Waals surface area contributed by atoms with Crippen molar-refractivity contribution in [2.24, 2.45) is 0 Å². The number of hydrogen-bond acceptors (Lipinski definition) is 11. The van der Waals surface area contributed by atoms with Gasteiger partial charge in [-0.1, -0.05) is 141 Å². The molecule has 2 fully saturated rings. The number of carbonyl (C=O) groups excluding carboxylic acids is 2. The molecule has 2 heterocycles. The minimum absolute atomic E-state index is 0.125. The highest BCUT2D eigenvalue weighted by Gasteiger charge is 2.50. The second-order valence-corrected chi connectivity index (χ2v) is 16.9. The fraction of sp³-hybridized carbons (Fsp3) is 0.875. The summed E-state index contributed by atoms with van der Waals surface area (Å²) < 4.78 is 28.8. The number of hydrogen-bond donors (Lipinski definition) is 4. The van der Waals surface area contributed by atoms with E-state index < -0.39 is 74.0 Å². The van der Waals surface area contributed by atoms with Crippen molar-refractivity contribution in [2.45, 2.75) is 242 Å². The molecule has 8 atom stereocenters. The van der Waals surface area contributed by atoms with Crippen LogP contribution in [0.1, 0.15) is 194 Å². The van der Waals surface area contributed by atoms with E-state index in [0.717, 1.165) is 77.0 Å². The molecule has 0 unspecified atom stereocenters. The first-order chi connectivity index (χ1) is 28.9. The third-order valence-electron chi connectivity index (χ3n) is 11.6. The van der Waals surface area contributed by atoms with Crippen LogP contribution >= 0.6 is 0 Å². The smallest absolute Gasteiger partial charge is 0.306 e. The lowest BCUT2D eigenvalue weighted by Gasteiger charge is -2.33. The number of carbonyl (C=O) groups is 2. The zero-order valence-electron chi connectivity index (χ0n) is 37.2. The summed E-state index contributed by atoms with van der Waals surface area (Å²) >= 11 is 0. The van der Waals surface area contributed by atoms with Crippen LogP contribution in [0.15, 0.2) is 24.3 Å². The van der Waals surface area contributed by atoms with Gasteiger partial charge in [0.2, 0.25) is 0 Å². The van der Waals surface area contributed by atoms with E-state index in [1.807, 2.05) is 0 Å². The molecule has 0 radical (unpaired) electrons. The first-order valence-corrected chi connectivity index (χ1v) is 24.0. The van der Waals surface area contributed by atoms with Crippen molar-refractivity contribution in [1.29, 1.82) is 0 Å². The van der Waals surface area contributed by atoms with Crippen LogP contribution in [-0.4, -0.2) is 108 Å². The van der Waals surface area contributed by atoms with Crippen LogP contribution in [0.4, 0.5) is 0 Å². The second-order valence-electron chi connectivity index (χ2n) is 16.9. The molecule has 0 aromatic rings. The normalized spacial score (nSPS) is 23.1. The average Bonchev–Trinajstić information content (AvgIpc) is 3.79. The van der Waals surface area contributed by atoms with E-state index in [0.29, 0.717) is 12.8 Å².